The average molecular weight is 991 g/mol. The second-order valence-electron chi connectivity index (χ2n) is 20.6. The molecule has 8 nitrogen and oxygen atoms in total. The Morgan fingerprint density at radius 1 is 0.449 bits per heavy atom. The number of phosphoric acid groups is 1. The topological polar surface area (TPSA) is 94.1 Å². The Balaban J connectivity index is 4.09. The second-order valence-corrected chi connectivity index (χ2v) is 22.1. The number of carbonyl (C=O) groups excluding carboxylic acids is 1. The van der Waals surface area contributed by atoms with Crippen LogP contribution >= 0.6 is 7.82 Å². The van der Waals surface area contributed by atoms with Crippen LogP contribution in [0.3, 0.4) is 0 Å². The molecule has 2 atom stereocenters. The van der Waals surface area contributed by atoms with E-state index in [1.807, 2.05) is 21.1 Å². The molecular formula is C60H112NO7P. The minimum Gasteiger partial charge on any atom is -0.756 e. The highest BCUT2D eigenvalue weighted by Crippen LogP contribution is 2.38. The molecule has 0 bridgehead atoms. The smallest absolute Gasteiger partial charge is 0.306 e. The predicted molar refractivity (Wildman–Crippen MR) is 296 cm³/mol. The first-order valence-corrected chi connectivity index (χ1v) is 30.5. The maximum Gasteiger partial charge on any atom is 0.306 e. The summed E-state index contributed by atoms with van der Waals surface area (Å²) >= 11 is 0. The highest BCUT2D eigenvalue weighted by Gasteiger charge is 2.20. The summed E-state index contributed by atoms with van der Waals surface area (Å²) in [5, 5.41) is 0. The molecule has 0 rings (SSSR count). The number of rotatable bonds is 54. The zero-order valence-corrected chi connectivity index (χ0v) is 46.9. The normalized spacial score (nSPS) is 13.9. The fourth-order valence-corrected chi connectivity index (χ4v) is 8.78. The van der Waals surface area contributed by atoms with E-state index in [0.29, 0.717) is 24.1 Å². The van der Waals surface area contributed by atoms with E-state index >= 15 is 0 Å². The van der Waals surface area contributed by atoms with E-state index in [1.165, 1.54) is 186 Å². The van der Waals surface area contributed by atoms with Crippen LogP contribution in [0.4, 0.5) is 0 Å². The third kappa shape index (κ3) is 57.0. The molecule has 0 amide bonds. The average Bonchev–Trinajstić information content (AvgIpc) is 3.31. The lowest BCUT2D eigenvalue weighted by molar-refractivity contribution is -0.870. The van der Waals surface area contributed by atoms with Crippen LogP contribution < -0.4 is 4.89 Å². The summed E-state index contributed by atoms with van der Waals surface area (Å²) in [5.74, 6) is -0.338. The first-order valence-electron chi connectivity index (χ1n) is 29.0. The van der Waals surface area contributed by atoms with Gasteiger partial charge in [-0.05, 0) is 83.5 Å². The van der Waals surface area contributed by atoms with Crippen LogP contribution in [0.25, 0.3) is 0 Å². The molecule has 0 heterocycles. The molecule has 0 fully saturated rings. The van der Waals surface area contributed by atoms with Gasteiger partial charge in [-0.1, -0.05) is 229 Å². The molecule has 69 heavy (non-hydrogen) atoms. The minimum absolute atomic E-state index is 0.0231. The molecule has 0 aliphatic rings. The molecule has 0 spiro atoms. The molecule has 0 aliphatic carbocycles. The Kier molecular flexibility index (Phi) is 51.2. The fraction of sp³-hybridized carbons (Fsp3) is 0.817. The molecule has 0 aliphatic heterocycles. The Morgan fingerprint density at radius 2 is 0.797 bits per heavy atom. The summed E-state index contributed by atoms with van der Waals surface area (Å²) in [6.07, 6.45) is 68.3. The summed E-state index contributed by atoms with van der Waals surface area (Å²) in [7, 11) is 1.35. The summed E-state index contributed by atoms with van der Waals surface area (Å²) in [6.45, 7) is 5.41. The number of nitrogens with zero attached hydrogens (tertiary/aromatic N) is 1. The Hall–Kier alpha value is -1.80. The quantitative estimate of drug-likeness (QED) is 0.0197. The highest BCUT2D eigenvalue weighted by atomic mass is 31.2. The maximum atomic E-state index is 12.8. The third-order valence-electron chi connectivity index (χ3n) is 12.5. The van der Waals surface area contributed by atoms with Crippen LogP contribution in [0.5, 0.6) is 0 Å². The third-order valence-corrected chi connectivity index (χ3v) is 13.5. The summed E-state index contributed by atoms with van der Waals surface area (Å²) in [4.78, 5) is 25.3. The molecule has 9 heteroatoms. The molecule has 404 valence electrons. The van der Waals surface area contributed by atoms with Gasteiger partial charge in [-0.15, -0.1) is 0 Å². The molecule has 0 radical (unpaired) electrons. The number of esters is 1. The lowest BCUT2D eigenvalue weighted by Gasteiger charge is -2.28. The largest absolute Gasteiger partial charge is 0.756 e. The molecule has 0 aromatic heterocycles. The van der Waals surface area contributed by atoms with Crippen LogP contribution in [0.2, 0.25) is 0 Å². The van der Waals surface area contributed by atoms with Gasteiger partial charge in [0.15, 0.2) is 0 Å². The number of unbranched alkanes of at least 4 members (excludes halogenated alkanes) is 30. The van der Waals surface area contributed by atoms with Gasteiger partial charge in [-0.2, -0.15) is 0 Å². The molecule has 0 aromatic carbocycles. The number of hydrogen-bond acceptors (Lipinski definition) is 7. The summed E-state index contributed by atoms with van der Waals surface area (Å²) in [5.41, 5.74) is 0. The van der Waals surface area contributed by atoms with E-state index in [-0.39, 0.29) is 25.8 Å². The van der Waals surface area contributed by atoms with Gasteiger partial charge in [-0.3, -0.25) is 9.36 Å². The maximum absolute atomic E-state index is 12.8. The number of phosphoric ester groups is 1. The van der Waals surface area contributed by atoms with Crippen molar-refractivity contribution in [1.82, 2.24) is 0 Å². The van der Waals surface area contributed by atoms with Crippen molar-refractivity contribution in [2.45, 2.75) is 264 Å². The van der Waals surface area contributed by atoms with E-state index in [4.69, 9.17) is 18.5 Å². The van der Waals surface area contributed by atoms with Crippen LogP contribution in [-0.4, -0.2) is 70.7 Å². The van der Waals surface area contributed by atoms with Crippen molar-refractivity contribution in [3.63, 3.8) is 0 Å². The molecule has 0 N–H and O–H groups in total. The van der Waals surface area contributed by atoms with Crippen molar-refractivity contribution in [1.29, 1.82) is 0 Å². The number of carbonyl (C=O) groups is 1. The van der Waals surface area contributed by atoms with Crippen molar-refractivity contribution in [3.05, 3.63) is 60.8 Å². The predicted octanol–water partition coefficient (Wildman–Crippen LogP) is 17.8. The van der Waals surface area contributed by atoms with Crippen molar-refractivity contribution >= 4 is 13.8 Å². The molecule has 2 unspecified atom stereocenters. The fourth-order valence-electron chi connectivity index (χ4n) is 8.06. The Morgan fingerprint density at radius 3 is 1.19 bits per heavy atom. The zero-order valence-electron chi connectivity index (χ0n) is 46.0. The zero-order chi connectivity index (χ0) is 50.5. The minimum atomic E-state index is -4.54. The van der Waals surface area contributed by atoms with Crippen molar-refractivity contribution in [2.75, 3.05) is 54.1 Å². The Labute approximate surface area is 428 Å². The number of ether oxygens (including phenoxy) is 2. The van der Waals surface area contributed by atoms with E-state index < -0.39 is 13.9 Å². The van der Waals surface area contributed by atoms with Gasteiger partial charge in [0.2, 0.25) is 0 Å². The summed E-state index contributed by atoms with van der Waals surface area (Å²) in [6, 6.07) is 0. The highest BCUT2D eigenvalue weighted by molar-refractivity contribution is 7.45. The van der Waals surface area contributed by atoms with Gasteiger partial charge >= 0.3 is 5.97 Å². The van der Waals surface area contributed by atoms with E-state index in [9.17, 15) is 14.3 Å². The monoisotopic (exact) mass is 990 g/mol. The van der Waals surface area contributed by atoms with E-state index in [2.05, 4.69) is 74.6 Å². The van der Waals surface area contributed by atoms with E-state index in [0.717, 1.165) is 51.4 Å². The first-order chi connectivity index (χ1) is 33.6. The Bertz CT molecular complexity index is 1290. The second kappa shape index (κ2) is 52.5. The van der Waals surface area contributed by atoms with E-state index in [1.54, 1.807) is 0 Å². The van der Waals surface area contributed by atoms with Crippen LogP contribution in [0.1, 0.15) is 258 Å². The first kappa shape index (κ1) is 67.2. The van der Waals surface area contributed by atoms with Gasteiger partial charge < -0.3 is 27.9 Å². The molecule has 0 saturated carbocycles. The standard InChI is InChI=1S/C60H112NO7P/c1-6-8-10-12-14-16-18-20-22-24-26-28-29-30-31-32-34-36-38-40-42-44-46-48-50-52-55-65-57-59(58-67-69(63,64)66-56-54-61(3,4)5)68-60(62)53-51-49-47-45-43-41-39-37-35-33-27-25-23-21-19-17-15-13-11-9-7-2/h18-21,24-27,29-30,59H,6-17,22-23,28,31-58H2,1-5H3/b20-18-,21-19-,26-24-,27-25-,30-29-. The van der Waals surface area contributed by atoms with Gasteiger partial charge in [0, 0.05) is 13.0 Å². The van der Waals surface area contributed by atoms with Crippen molar-refractivity contribution in [2.24, 2.45) is 0 Å². The lowest BCUT2D eigenvalue weighted by Crippen LogP contribution is -2.37. The van der Waals surface area contributed by atoms with Crippen LogP contribution in [0, 0.1) is 0 Å². The summed E-state index contributed by atoms with van der Waals surface area (Å²) < 4.78 is 34.9. The van der Waals surface area contributed by atoms with Crippen LogP contribution in [-0.2, 0) is 27.9 Å². The lowest BCUT2D eigenvalue weighted by atomic mass is 10.1. The molecular weight excluding hydrogens is 878 g/mol. The molecule has 0 saturated heterocycles. The number of hydrogen-bond donors (Lipinski definition) is 0. The molecule has 0 aromatic rings. The number of quaternary nitrogens is 1. The van der Waals surface area contributed by atoms with Gasteiger partial charge in [0.05, 0.1) is 34.4 Å². The SMILES string of the molecule is CCCCCCC/C=C\C/C=C\C/C=C\CCCCCCCCCCCCCOCC(COP(=O)([O-])OCC[N+](C)(C)C)OC(=O)CCCCCCCCCCC/C=C\C/C=C\CCCCCCC. The van der Waals surface area contributed by atoms with Gasteiger partial charge in [-0.25, -0.2) is 0 Å². The van der Waals surface area contributed by atoms with Crippen molar-refractivity contribution < 1.29 is 37.3 Å². The van der Waals surface area contributed by atoms with Gasteiger partial charge in [0.1, 0.15) is 19.3 Å². The van der Waals surface area contributed by atoms with Gasteiger partial charge in [0.25, 0.3) is 7.82 Å². The number of allylic oxidation sites excluding steroid dienone is 10. The number of likely N-dealkylation sites (N-methyl/N-ethyl adjacent to an activating group) is 1. The van der Waals surface area contributed by atoms with Crippen molar-refractivity contribution in [3.8, 4) is 0 Å². The van der Waals surface area contributed by atoms with Crippen LogP contribution in [0.15, 0.2) is 60.8 Å².